The molecule has 0 atom stereocenters. The predicted molar refractivity (Wildman–Crippen MR) is 40.4 cm³/mol. The maximum Gasteiger partial charge on any atom is 0.000603 e. The molecule has 1 heterocycles. The minimum Gasteiger partial charge on any atom is -0.456 e. The van der Waals surface area contributed by atoms with Gasteiger partial charge in [0.05, 0.1) is 0 Å². The molecular formula is C8H12N2Y-2. The van der Waals surface area contributed by atoms with Crippen molar-refractivity contribution >= 4 is 0 Å². The van der Waals surface area contributed by atoms with Gasteiger partial charge in [-0.25, -0.2) is 0 Å². The molecule has 0 fully saturated rings. The average molecular weight is 225 g/mol. The second kappa shape index (κ2) is 5.90. The van der Waals surface area contributed by atoms with Crippen molar-refractivity contribution in [2.24, 2.45) is 0 Å². The van der Waals surface area contributed by atoms with Crippen molar-refractivity contribution in [2.45, 2.75) is 26.3 Å². The molecule has 0 saturated heterocycles. The van der Waals surface area contributed by atoms with Crippen LogP contribution in [0.4, 0.5) is 0 Å². The topological polar surface area (TPSA) is 17.8 Å². The summed E-state index contributed by atoms with van der Waals surface area (Å²) in [4.78, 5) is 4.06. The van der Waals surface area contributed by atoms with Crippen molar-refractivity contribution in [3.63, 3.8) is 0 Å². The first-order valence-electron chi connectivity index (χ1n) is 3.59. The van der Waals surface area contributed by atoms with Crippen LogP contribution in [0.25, 0.3) is 0 Å². The number of hydrogen-bond acceptors (Lipinski definition) is 1. The van der Waals surface area contributed by atoms with Gasteiger partial charge in [-0.1, -0.05) is 19.0 Å². The number of aryl methyl sites for hydroxylation is 2. The summed E-state index contributed by atoms with van der Waals surface area (Å²) < 4.78 is 1.95. The van der Waals surface area contributed by atoms with E-state index in [0.29, 0.717) is 0 Å². The molecule has 2 nitrogen and oxygen atoms in total. The van der Waals surface area contributed by atoms with Crippen molar-refractivity contribution in [1.82, 2.24) is 9.55 Å². The third-order valence-electron chi connectivity index (χ3n) is 1.39. The Morgan fingerprint density at radius 1 is 1.73 bits per heavy atom. The first-order valence-corrected chi connectivity index (χ1v) is 3.59. The third kappa shape index (κ3) is 3.48. The fraction of sp³-hybridized carbons (Fsp3) is 0.500. The molecule has 0 saturated carbocycles. The van der Waals surface area contributed by atoms with Crippen LogP contribution in [0.1, 0.15) is 19.0 Å². The molecule has 0 bridgehead atoms. The number of hydrogen-bond donors (Lipinski definition) is 0. The Bertz CT molecular complexity index is 196. The molecule has 0 unspecified atom stereocenters. The summed E-state index contributed by atoms with van der Waals surface area (Å²) in [5.74, 6) is 0. The molecule has 0 spiro atoms. The summed E-state index contributed by atoms with van der Waals surface area (Å²) in [6.45, 7) is 6.76. The number of aromatic nitrogens is 2. The normalized spacial score (nSPS) is 9.27. The van der Waals surface area contributed by atoms with Gasteiger partial charge in [0.2, 0.25) is 0 Å². The second-order valence-electron chi connectivity index (χ2n) is 2.23. The van der Waals surface area contributed by atoms with E-state index in [-0.39, 0.29) is 32.7 Å². The summed E-state index contributed by atoms with van der Waals surface area (Å²) in [5, 5.41) is 0. The minimum absolute atomic E-state index is 0. The van der Waals surface area contributed by atoms with Crippen LogP contribution >= 0.6 is 0 Å². The Morgan fingerprint density at radius 3 is 2.91 bits per heavy atom. The zero-order chi connectivity index (χ0) is 7.40. The molecule has 0 aromatic carbocycles. The molecule has 0 aliphatic heterocycles. The van der Waals surface area contributed by atoms with Gasteiger partial charge < -0.3 is 16.5 Å². The zero-order valence-electron chi connectivity index (χ0n) is 6.88. The van der Waals surface area contributed by atoms with Gasteiger partial charge in [0.15, 0.2) is 0 Å². The fourth-order valence-corrected chi connectivity index (χ4v) is 0.821. The van der Waals surface area contributed by atoms with E-state index in [0.717, 1.165) is 25.1 Å². The van der Waals surface area contributed by atoms with Gasteiger partial charge in [0.25, 0.3) is 0 Å². The van der Waals surface area contributed by atoms with Crippen LogP contribution in [0.2, 0.25) is 0 Å². The van der Waals surface area contributed by atoms with E-state index in [9.17, 15) is 0 Å². The van der Waals surface area contributed by atoms with Crippen molar-refractivity contribution in [3.05, 3.63) is 25.1 Å². The van der Waals surface area contributed by atoms with E-state index in [1.54, 1.807) is 0 Å². The molecule has 0 N–H and O–H groups in total. The van der Waals surface area contributed by atoms with E-state index >= 15 is 0 Å². The Hall–Kier alpha value is 0.314. The minimum atomic E-state index is 0. The Morgan fingerprint density at radius 2 is 2.45 bits per heavy atom. The summed E-state index contributed by atoms with van der Waals surface area (Å²) in [6.07, 6.45) is 6.79. The van der Waals surface area contributed by atoms with Crippen LogP contribution in [0.3, 0.4) is 0 Å². The second-order valence-corrected chi connectivity index (χ2v) is 2.23. The maximum atomic E-state index is 4.06. The molecule has 0 aliphatic rings. The van der Waals surface area contributed by atoms with Gasteiger partial charge in [-0.2, -0.15) is 6.42 Å². The molecular weight excluding hydrogens is 213 g/mol. The molecule has 1 radical (unpaired) electrons. The molecule has 3 heteroatoms. The molecule has 1 rings (SSSR count). The SMILES string of the molecule is [CH2-]CCn1[c-]nc(CC)c1.[Y]. The number of rotatable bonds is 3. The van der Waals surface area contributed by atoms with E-state index in [4.69, 9.17) is 0 Å². The zero-order valence-corrected chi connectivity index (χ0v) is 9.72. The first kappa shape index (κ1) is 11.3. The van der Waals surface area contributed by atoms with Crippen molar-refractivity contribution < 1.29 is 32.7 Å². The van der Waals surface area contributed by atoms with Crippen LogP contribution < -0.4 is 0 Å². The Balaban J connectivity index is 0.000001000. The van der Waals surface area contributed by atoms with E-state index in [2.05, 4.69) is 25.2 Å². The van der Waals surface area contributed by atoms with Crippen LogP contribution in [-0.2, 0) is 45.7 Å². The van der Waals surface area contributed by atoms with Gasteiger partial charge in [0.1, 0.15) is 0 Å². The summed E-state index contributed by atoms with van der Waals surface area (Å²) >= 11 is 0. The van der Waals surface area contributed by atoms with E-state index in [1.807, 2.05) is 10.8 Å². The maximum absolute atomic E-state index is 4.06. The number of imidazole rings is 1. The summed E-state index contributed by atoms with van der Waals surface area (Å²) in [5.41, 5.74) is 1.11. The Labute approximate surface area is 93.3 Å². The molecule has 0 amide bonds. The van der Waals surface area contributed by atoms with Crippen LogP contribution in [-0.4, -0.2) is 9.55 Å². The van der Waals surface area contributed by atoms with Gasteiger partial charge in [-0.15, -0.1) is 6.20 Å². The summed E-state index contributed by atoms with van der Waals surface area (Å²) in [7, 11) is 0. The van der Waals surface area contributed by atoms with Gasteiger partial charge in [-0.05, 0) is 6.54 Å². The molecule has 1 aromatic rings. The number of nitrogens with zero attached hydrogens (tertiary/aromatic N) is 2. The van der Waals surface area contributed by atoms with Gasteiger partial charge in [0, 0.05) is 39.0 Å². The first-order chi connectivity index (χ1) is 4.86. The molecule has 59 valence electrons. The largest absolute Gasteiger partial charge is 0.456 e. The van der Waals surface area contributed by atoms with Crippen molar-refractivity contribution in [1.29, 1.82) is 0 Å². The Kier molecular flexibility index (Phi) is 6.07. The van der Waals surface area contributed by atoms with Crippen LogP contribution in [0.5, 0.6) is 0 Å². The smallest absolute Gasteiger partial charge is 0.000603 e. The van der Waals surface area contributed by atoms with Gasteiger partial charge >= 0.3 is 0 Å². The van der Waals surface area contributed by atoms with E-state index < -0.39 is 0 Å². The van der Waals surface area contributed by atoms with Crippen molar-refractivity contribution in [3.8, 4) is 0 Å². The van der Waals surface area contributed by atoms with Gasteiger partial charge in [-0.3, -0.25) is 0 Å². The van der Waals surface area contributed by atoms with Crippen LogP contribution in [0, 0.1) is 13.3 Å². The average Bonchev–Trinajstić information content (AvgIpc) is 2.37. The fourth-order valence-electron chi connectivity index (χ4n) is 0.821. The molecule has 1 aromatic heterocycles. The van der Waals surface area contributed by atoms with E-state index in [1.165, 1.54) is 0 Å². The van der Waals surface area contributed by atoms with Crippen LogP contribution in [0.15, 0.2) is 6.20 Å². The summed E-state index contributed by atoms with van der Waals surface area (Å²) in [6, 6.07) is 0. The predicted octanol–water partition coefficient (Wildman–Crippen LogP) is 1.47. The standard InChI is InChI=1S/C8H12N2.Y/c1-3-5-10-6-8(4-2)9-7-10;/h6H,1,3-5H2,2H3;/q-2;. The monoisotopic (exact) mass is 225 g/mol. The quantitative estimate of drug-likeness (QED) is 0.712. The van der Waals surface area contributed by atoms with Crippen molar-refractivity contribution in [2.75, 3.05) is 0 Å². The third-order valence-corrected chi connectivity index (χ3v) is 1.39. The molecule has 0 aliphatic carbocycles. The molecule has 11 heavy (non-hydrogen) atoms.